The third-order valence-corrected chi connectivity index (χ3v) is 1.94. The van der Waals surface area contributed by atoms with Crippen LogP contribution in [0.5, 0.6) is 0 Å². The molecule has 0 saturated heterocycles. The Bertz CT molecular complexity index is 307. The number of hydrogen-bond acceptors (Lipinski definition) is 1. The van der Waals surface area contributed by atoms with Crippen molar-refractivity contribution in [3.05, 3.63) is 22.4 Å². The fraction of sp³-hybridized carbons (Fsp3) is 0.667. The van der Waals surface area contributed by atoms with Gasteiger partial charge in [-0.15, -0.1) is 0 Å². The van der Waals surface area contributed by atoms with Gasteiger partial charge in [0, 0.05) is 17.9 Å². The summed E-state index contributed by atoms with van der Waals surface area (Å²) >= 11 is 0. The minimum atomic E-state index is -0.00583. The molecule has 12 heavy (non-hydrogen) atoms. The highest BCUT2D eigenvalue weighted by Crippen LogP contribution is 2.10. The molecule has 3 nitrogen and oxygen atoms in total. The Morgan fingerprint density at radius 2 is 1.92 bits per heavy atom. The van der Waals surface area contributed by atoms with Crippen molar-refractivity contribution in [3.8, 4) is 0 Å². The summed E-state index contributed by atoms with van der Waals surface area (Å²) in [6.07, 6.45) is 1.90. The monoisotopic (exact) mass is 168 g/mol. The average Bonchev–Trinajstić information content (AvgIpc) is 2.30. The quantitative estimate of drug-likeness (QED) is 0.719. The lowest BCUT2D eigenvalue weighted by Crippen LogP contribution is -2.17. The van der Waals surface area contributed by atoms with E-state index in [1.54, 1.807) is 4.57 Å². The van der Waals surface area contributed by atoms with Gasteiger partial charge in [0.2, 0.25) is 0 Å². The minimum Gasteiger partial charge on any atom is -0.310 e. The predicted octanol–water partition coefficient (Wildman–Crippen LogP) is 1.88. The molecule has 1 rings (SSSR count). The first-order valence-corrected chi connectivity index (χ1v) is 4.33. The van der Waals surface area contributed by atoms with E-state index < -0.39 is 0 Å². The smallest absolute Gasteiger partial charge is 0.310 e. The van der Waals surface area contributed by atoms with Crippen LogP contribution >= 0.6 is 0 Å². The lowest BCUT2D eigenvalue weighted by molar-refractivity contribution is 0.580. The fourth-order valence-corrected chi connectivity index (χ4v) is 1.11. The van der Waals surface area contributed by atoms with Crippen molar-refractivity contribution in [3.63, 3.8) is 0 Å². The summed E-state index contributed by atoms with van der Waals surface area (Å²) in [7, 11) is 0. The second kappa shape index (κ2) is 3.17. The molecule has 1 aromatic rings. The summed E-state index contributed by atoms with van der Waals surface area (Å²) < 4.78 is 1.72. The zero-order valence-corrected chi connectivity index (χ0v) is 8.09. The van der Waals surface area contributed by atoms with E-state index in [0.717, 1.165) is 5.69 Å². The van der Waals surface area contributed by atoms with Gasteiger partial charge in [-0.05, 0) is 19.8 Å². The number of aromatic amines is 1. The zero-order chi connectivity index (χ0) is 9.30. The van der Waals surface area contributed by atoms with Gasteiger partial charge in [0.05, 0.1) is 0 Å². The Morgan fingerprint density at radius 1 is 1.33 bits per heavy atom. The van der Waals surface area contributed by atoms with Crippen molar-refractivity contribution in [1.29, 1.82) is 0 Å². The molecular weight excluding hydrogens is 152 g/mol. The minimum absolute atomic E-state index is 0.00583. The second-order valence-electron chi connectivity index (χ2n) is 3.67. The molecule has 0 unspecified atom stereocenters. The summed E-state index contributed by atoms with van der Waals surface area (Å²) in [6, 6.07) is 0.237. The molecule has 0 fully saturated rings. The highest BCUT2D eigenvalue weighted by molar-refractivity contribution is 5.02. The Kier molecular flexibility index (Phi) is 2.40. The molecule has 0 aliphatic carbocycles. The van der Waals surface area contributed by atoms with Crippen LogP contribution in [0.25, 0.3) is 0 Å². The van der Waals surface area contributed by atoms with Crippen LogP contribution in [0.15, 0.2) is 11.0 Å². The van der Waals surface area contributed by atoms with Crippen molar-refractivity contribution in [1.82, 2.24) is 9.55 Å². The predicted molar refractivity (Wildman–Crippen MR) is 49.5 cm³/mol. The topological polar surface area (TPSA) is 37.8 Å². The van der Waals surface area contributed by atoms with Crippen LogP contribution in [0.1, 0.15) is 45.3 Å². The summed E-state index contributed by atoms with van der Waals surface area (Å²) in [6.45, 7) is 8.13. The van der Waals surface area contributed by atoms with Gasteiger partial charge in [-0.1, -0.05) is 13.8 Å². The van der Waals surface area contributed by atoms with Crippen molar-refractivity contribution in [2.75, 3.05) is 0 Å². The number of nitrogens with zero attached hydrogens (tertiary/aromatic N) is 1. The van der Waals surface area contributed by atoms with E-state index in [9.17, 15) is 4.79 Å². The molecule has 68 valence electrons. The molecule has 3 heteroatoms. The number of H-pyrrole nitrogens is 1. The summed E-state index contributed by atoms with van der Waals surface area (Å²) in [5, 5.41) is 0. The summed E-state index contributed by atoms with van der Waals surface area (Å²) in [4.78, 5) is 14.1. The van der Waals surface area contributed by atoms with E-state index in [1.807, 2.05) is 20.0 Å². The number of rotatable bonds is 2. The van der Waals surface area contributed by atoms with Gasteiger partial charge in [0.15, 0.2) is 0 Å². The van der Waals surface area contributed by atoms with Crippen molar-refractivity contribution >= 4 is 0 Å². The fourth-order valence-electron chi connectivity index (χ4n) is 1.11. The Hall–Kier alpha value is -0.990. The van der Waals surface area contributed by atoms with Crippen LogP contribution in [-0.4, -0.2) is 9.55 Å². The van der Waals surface area contributed by atoms with Crippen LogP contribution in [0.3, 0.4) is 0 Å². The van der Waals surface area contributed by atoms with E-state index in [1.165, 1.54) is 0 Å². The van der Waals surface area contributed by atoms with E-state index in [2.05, 4.69) is 18.8 Å². The lowest BCUT2D eigenvalue weighted by Gasteiger charge is -2.03. The maximum Gasteiger partial charge on any atom is 0.325 e. The van der Waals surface area contributed by atoms with E-state index >= 15 is 0 Å². The molecule has 0 amide bonds. The molecule has 0 atom stereocenters. The molecule has 1 heterocycles. The number of aromatic nitrogens is 2. The van der Waals surface area contributed by atoms with Crippen LogP contribution in [0.4, 0.5) is 0 Å². The number of imidazole rings is 1. The first-order valence-electron chi connectivity index (χ1n) is 4.33. The van der Waals surface area contributed by atoms with E-state index in [0.29, 0.717) is 5.92 Å². The van der Waals surface area contributed by atoms with Crippen LogP contribution in [0, 0.1) is 0 Å². The second-order valence-corrected chi connectivity index (χ2v) is 3.67. The maximum atomic E-state index is 11.3. The Morgan fingerprint density at radius 3 is 2.17 bits per heavy atom. The molecule has 0 saturated carbocycles. The molecule has 0 spiro atoms. The molecule has 0 bridgehead atoms. The first kappa shape index (κ1) is 9.10. The molecular formula is C9H16N2O. The van der Waals surface area contributed by atoms with Gasteiger partial charge < -0.3 is 4.98 Å². The highest BCUT2D eigenvalue weighted by atomic mass is 16.1. The molecule has 0 radical (unpaired) electrons. The van der Waals surface area contributed by atoms with Crippen molar-refractivity contribution in [2.45, 2.75) is 39.7 Å². The largest absolute Gasteiger partial charge is 0.325 e. The molecule has 1 N–H and O–H groups in total. The standard InChI is InChI=1S/C9H16N2O/c1-6(2)8-5-11(7(3)4)9(12)10-8/h5-7H,1-4H3,(H,10,12). The summed E-state index contributed by atoms with van der Waals surface area (Å²) in [5.74, 6) is 0.387. The SMILES string of the molecule is CC(C)c1cn(C(C)C)c(=O)[nH]1. The Balaban J connectivity index is 3.09. The first-order chi connectivity index (χ1) is 5.52. The van der Waals surface area contributed by atoms with Crippen molar-refractivity contribution in [2.24, 2.45) is 0 Å². The van der Waals surface area contributed by atoms with Crippen LogP contribution in [-0.2, 0) is 0 Å². The van der Waals surface area contributed by atoms with Crippen molar-refractivity contribution < 1.29 is 0 Å². The normalized spacial score (nSPS) is 11.5. The number of nitrogens with one attached hydrogen (secondary N) is 1. The van der Waals surface area contributed by atoms with Gasteiger partial charge in [0.25, 0.3) is 0 Å². The third-order valence-electron chi connectivity index (χ3n) is 1.94. The highest BCUT2D eigenvalue weighted by Gasteiger charge is 2.07. The van der Waals surface area contributed by atoms with Gasteiger partial charge in [0.1, 0.15) is 0 Å². The van der Waals surface area contributed by atoms with E-state index in [4.69, 9.17) is 0 Å². The van der Waals surface area contributed by atoms with Crippen LogP contribution in [0.2, 0.25) is 0 Å². The molecule has 0 aromatic carbocycles. The number of hydrogen-bond donors (Lipinski definition) is 1. The molecule has 1 aromatic heterocycles. The van der Waals surface area contributed by atoms with E-state index in [-0.39, 0.29) is 11.7 Å². The zero-order valence-electron chi connectivity index (χ0n) is 8.09. The van der Waals surface area contributed by atoms with Gasteiger partial charge in [-0.2, -0.15) is 0 Å². The summed E-state index contributed by atoms with van der Waals surface area (Å²) in [5.41, 5.74) is 1.00. The lowest BCUT2D eigenvalue weighted by atomic mass is 10.2. The molecule has 0 aliphatic rings. The molecule has 0 aliphatic heterocycles. The third kappa shape index (κ3) is 1.60. The van der Waals surface area contributed by atoms with Gasteiger partial charge in [-0.25, -0.2) is 4.79 Å². The van der Waals surface area contributed by atoms with Gasteiger partial charge >= 0.3 is 5.69 Å². The Labute approximate surface area is 72.4 Å². The van der Waals surface area contributed by atoms with Gasteiger partial charge in [-0.3, -0.25) is 4.57 Å². The average molecular weight is 168 g/mol. The maximum absolute atomic E-state index is 11.3. The van der Waals surface area contributed by atoms with Crippen LogP contribution < -0.4 is 5.69 Å².